The van der Waals surface area contributed by atoms with Gasteiger partial charge in [0.25, 0.3) is 0 Å². The second kappa shape index (κ2) is 8.27. The SMILES string of the molecule is O=S(=O)(c1cccc(CNCc2ccccc2)c1)N1CCc2ccccc2C1. The van der Waals surface area contributed by atoms with Crippen LogP contribution in [0.5, 0.6) is 0 Å². The zero-order valence-electron chi connectivity index (χ0n) is 15.7. The lowest BCUT2D eigenvalue weighted by molar-refractivity contribution is 0.391. The molecule has 0 radical (unpaired) electrons. The first-order chi connectivity index (χ1) is 13.6. The van der Waals surface area contributed by atoms with Gasteiger partial charge in [-0.1, -0.05) is 66.7 Å². The number of hydrogen-bond acceptors (Lipinski definition) is 3. The van der Waals surface area contributed by atoms with Crippen molar-refractivity contribution in [2.45, 2.75) is 31.0 Å². The Morgan fingerprint density at radius 3 is 2.29 bits per heavy atom. The Kier molecular flexibility index (Phi) is 5.57. The van der Waals surface area contributed by atoms with Crippen LogP contribution in [0.4, 0.5) is 0 Å². The summed E-state index contributed by atoms with van der Waals surface area (Å²) < 4.78 is 27.9. The van der Waals surface area contributed by atoms with Crippen LogP contribution in [0.3, 0.4) is 0 Å². The van der Waals surface area contributed by atoms with Crippen LogP contribution in [-0.4, -0.2) is 19.3 Å². The van der Waals surface area contributed by atoms with E-state index in [-0.39, 0.29) is 0 Å². The van der Waals surface area contributed by atoms with Crippen molar-refractivity contribution in [3.63, 3.8) is 0 Å². The minimum atomic E-state index is -3.50. The van der Waals surface area contributed by atoms with E-state index in [4.69, 9.17) is 0 Å². The van der Waals surface area contributed by atoms with Gasteiger partial charge >= 0.3 is 0 Å². The number of rotatable bonds is 6. The highest BCUT2D eigenvalue weighted by Gasteiger charge is 2.28. The van der Waals surface area contributed by atoms with Crippen molar-refractivity contribution in [2.24, 2.45) is 0 Å². The second-order valence-electron chi connectivity index (χ2n) is 7.09. The third-order valence-electron chi connectivity index (χ3n) is 5.13. The Morgan fingerprint density at radius 1 is 0.786 bits per heavy atom. The zero-order valence-corrected chi connectivity index (χ0v) is 16.5. The molecular weight excluding hydrogens is 368 g/mol. The topological polar surface area (TPSA) is 49.4 Å². The molecule has 1 N–H and O–H groups in total. The van der Waals surface area contributed by atoms with Crippen LogP contribution in [0.15, 0.2) is 83.8 Å². The van der Waals surface area contributed by atoms with Gasteiger partial charge in [0.2, 0.25) is 10.0 Å². The predicted molar refractivity (Wildman–Crippen MR) is 111 cm³/mol. The molecule has 4 rings (SSSR count). The minimum absolute atomic E-state index is 0.367. The molecule has 0 spiro atoms. The highest BCUT2D eigenvalue weighted by molar-refractivity contribution is 7.89. The summed E-state index contributed by atoms with van der Waals surface area (Å²) in [7, 11) is -3.50. The lowest BCUT2D eigenvalue weighted by atomic mass is 10.0. The molecule has 0 amide bonds. The van der Waals surface area contributed by atoms with Gasteiger partial charge in [0.05, 0.1) is 4.90 Å². The fraction of sp³-hybridized carbons (Fsp3) is 0.217. The molecule has 4 nitrogen and oxygen atoms in total. The summed E-state index contributed by atoms with van der Waals surface area (Å²) in [6.07, 6.45) is 0.758. The molecule has 0 atom stereocenters. The maximum Gasteiger partial charge on any atom is 0.243 e. The Balaban J connectivity index is 1.46. The van der Waals surface area contributed by atoms with Crippen LogP contribution in [0.2, 0.25) is 0 Å². The van der Waals surface area contributed by atoms with Gasteiger partial charge in [0.15, 0.2) is 0 Å². The molecule has 0 saturated carbocycles. The van der Waals surface area contributed by atoms with Crippen LogP contribution in [0.1, 0.15) is 22.3 Å². The summed E-state index contributed by atoms with van der Waals surface area (Å²) in [5, 5.41) is 3.38. The van der Waals surface area contributed by atoms with E-state index in [0.717, 1.165) is 24.1 Å². The van der Waals surface area contributed by atoms with Crippen molar-refractivity contribution in [3.05, 3.63) is 101 Å². The quantitative estimate of drug-likeness (QED) is 0.696. The lowest BCUT2D eigenvalue weighted by Crippen LogP contribution is -2.36. The molecule has 0 fully saturated rings. The first kappa shape index (κ1) is 18.9. The number of hydrogen-bond donors (Lipinski definition) is 1. The minimum Gasteiger partial charge on any atom is -0.309 e. The van der Waals surface area contributed by atoms with Gasteiger partial charge in [-0.15, -0.1) is 0 Å². The van der Waals surface area contributed by atoms with E-state index in [0.29, 0.717) is 24.5 Å². The van der Waals surface area contributed by atoms with E-state index in [2.05, 4.69) is 23.5 Å². The fourth-order valence-corrected chi connectivity index (χ4v) is 5.08. The van der Waals surface area contributed by atoms with Gasteiger partial charge in [0.1, 0.15) is 0 Å². The van der Waals surface area contributed by atoms with Crippen LogP contribution in [-0.2, 0) is 36.1 Å². The smallest absolute Gasteiger partial charge is 0.243 e. The van der Waals surface area contributed by atoms with Crippen molar-refractivity contribution in [3.8, 4) is 0 Å². The Hall–Kier alpha value is -2.47. The normalized spacial score (nSPS) is 14.6. The van der Waals surface area contributed by atoms with Crippen molar-refractivity contribution in [1.29, 1.82) is 0 Å². The molecule has 0 unspecified atom stereocenters. The molecule has 0 bridgehead atoms. The van der Waals surface area contributed by atoms with Crippen molar-refractivity contribution in [1.82, 2.24) is 9.62 Å². The maximum absolute atomic E-state index is 13.2. The average molecular weight is 393 g/mol. The van der Waals surface area contributed by atoms with Gasteiger partial charge in [0, 0.05) is 26.2 Å². The molecular formula is C23H24N2O2S. The van der Waals surface area contributed by atoms with E-state index in [1.807, 2.05) is 48.5 Å². The highest BCUT2D eigenvalue weighted by atomic mass is 32.2. The van der Waals surface area contributed by atoms with Crippen molar-refractivity contribution in [2.75, 3.05) is 6.54 Å². The monoisotopic (exact) mass is 392 g/mol. The van der Waals surface area contributed by atoms with Crippen LogP contribution in [0.25, 0.3) is 0 Å². The van der Waals surface area contributed by atoms with Crippen LogP contribution in [0, 0.1) is 0 Å². The van der Waals surface area contributed by atoms with Crippen LogP contribution >= 0.6 is 0 Å². The number of sulfonamides is 1. The molecule has 0 aromatic heterocycles. The summed E-state index contributed by atoms with van der Waals surface area (Å²) in [5.74, 6) is 0. The largest absolute Gasteiger partial charge is 0.309 e. The average Bonchev–Trinajstić information content (AvgIpc) is 2.74. The van der Waals surface area contributed by atoms with E-state index >= 15 is 0 Å². The molecule has 28 heavy (non-hydrogen) atoms. The highest BCUT2D eigenvalue weighted by Crippen LogP contribution is 2.25. The Morgan fingerprint density at radius 2 is 1.46 bits per heavy atom. The number of benzene rings is 3. The molecule has 1 aliphatic rings. The van der Waals surface area contributed by atoms with Gasteiger partial charge < -0.3 is 5.32 Å². The van der Waals surface area contributed by atoms with Crippen molar-refractivity contribution < 1.29 is 8.42 Å². The fourth-order valence-electron chi connectivity index (χ4n) is 3.59. The number of nitrogens with one attached hydrogen (secondary N) is 1. The third kappa shape index (κ3) is 4.17. The van der Waals surface area contributed by atoms with Gasteiger partial charge in [-0.2, -0.15) is 4.31 Å². The first-order valence-corrected chi connectivity index (χ1v) is 11.0. The second-order valence-corrected chi connectivity index (χ2v) is 9.03. The van der Waals surface area contributed by atoms with Crippen molar-refractivity contribution >= 4 is 10.0 Å². The molecule has 1 aliphatic heterocycles. The summed E-state index contributed by atoms with van der Waals surface area (Å²) in [4.78, 5) is 0.367. The van der Waals surface area contributed by atoms with E-state index < -0.39 is 10.0 Å². The van der Waals surface area contributed by atoms with E-state index in [9.17, 15) is 8.42 Å². The molecule has 3 aromatic carbocycles. The first-order valence-electron chi connectivity index (χ1n) is 9.53. The molecule has 3 aromatic rings. The Bertz CT molecular complexity index is 1050. The van der Waals surface area contributed by atoms with Gasteiger partial charge in [-0.3, -0.25) is 0 Å². The van der Waals surface area contributed by atoms with E-state index in [1.54, 1.807) is 16.4 Å². The molecule has 0 aliphatic carbocycles. The molecule has 5 heteroatoms. The van der Waals surface area contributed by atoms with Crippen LogP contribution < -0.4 is 5.32 Å². The van der Waals surface area contributed by atoms with Gasteiger partial charge in [-0.25, -0.2) is 8.42 Å². The standard InChI is InChI=1S/C23H24N2O2S/c26-28(27,25-14-13-21-10-4-5-11-22(21)18-25)23-12-6-9-20(15-23)17-24-16-19-7-2-1-3-8-19/h1-12,15,24H,13-14,16-18H2. The molecule has 144 valence electrons. The zero-order chi connectivity index (χ0) is 19.4. The lowest BCUT2D eigenvalue weighted by Gasteiger charge is -2.28. The van der Waals surface area contributed by atoms with E-state index in [1.165, 1.54) is 11.1 Å². The summed E-state index contributed by atoms with van der Waals surface area (Å²) in [5.41, 5.74) is 4.51. The molecule has 1 heterocycles. The summed E-state index contributed by atoms with van der Waals surface area (Å²) in [6.45, 7) is 2.34. The third-order valence-corrected chi connectivity index (χ3v) is 6.97. The Labute approximate surface area is 166 Å². The maximum atomic E-state index is 13.2. The number of fused-ring (bicyclic) bond motifs is 1. The van der Waals surface area contributed by atoms with Gasteiger partial charge in [-0.05, 0) is 40.8 Å². The summed E-state index contributed by atoms with van der Waals surface area (Å²) >= 11 is 0. The molecule has 0 saturated heterocycles. The number of nitrogens with zero attached hydrogens (tertiary/aromatic N) is 1. The predicted octanol–water partition coefficient (Wildman–Crippen LogP) is 3.72. The summed E-state index contributed by atoms with van der Waals surface area (Å²) in [6, 6.07) is 25.5.